The summed E-state index contributed by atoms with van der Waals surface area (Å²) in [7, 11) is -3.28. The number of aromatic amines is 1. The number of hydrogen-bond donors (Lipinski definition) is 6. The first kappa shape index (κ1) is 41.1. The highest BCUT2D eigenvalue weighted by Crippen LogP contribution is 2.28. The van der Waals surface area contributed by atoms with Gasteiger partial charge in [0.05, 0.1) is 11.9 Å². The number of hydrogen-bond acceptors (Lipinski definition) is 8. The Kier molecular flexibility index (Phi) is 14.3. The van der Waals surface area contributed by atoms with Crippen molar-refractivity contribution < 1.29 is 17.5 Å². The number of rotatable bonds is 14. The summed E-state index contributed by atoms with van der Waals surface area (Å²) in [6.45, 7) is 14.6. The molecular formula is C36H54FN9O4S. The van der Waals surface area contributed by atoms with E-state index in [0.29, 0.717) is 17.9 Å². The van der Waals surface area contributed by atoms with Crippen molar-refractivity contribution >= 4 is 27.0 Å². The van der Waals surface area contributed by atoms with Crippen LogP contribution in [-0.4, -0.2) is 67.6 Å². The standard InChI is InChI=1S/C21H29N7O.C15H25FN2O3S/c1-21(2,3)17-11-15-13-28(20(29)27-18(15)26-17)16-7-5-14(6-8-16)12-24-9-4-10-25-19(22)23;1-15(2,3)12-5-11(9-18-22(4,19)20)6-14(7-12)21-10-13(16)8-17/h5-8,11,13,24H,4,9-10,12H2,1-3H3,(H4,22,23,25)(H,26,27,29);5-7,13,18H,8-10,17H2,1-4H3/t;13-/m.1/s1. The van der Waals surface area contributed by atoms with Gasteiger partial charge in [-0.05, 0) is 65.4 Å². The van der Waals surface area contributed by atoms with Crippen molar-refractivity contribution in [2.24, 2.45) is 22.2 Å². The highest BCUT2D eigenvalue weighted by Gasteiger charge is 2.18. The fourth-order valence-corrected chi connectivity index (χ4v) is 5.18. The van der Waals surface area contributed by atoms with Crippen LogP contribution in [0.2, 0.25) is 0 Å². The summed E-state index contributed by atoms with van der Waals surface area (Å²) < 4.78 is 45.1. The van der Waals surface area contributed by atoms with Crippen LogP contribution in [0, 0.1) is 0 Å². The van der Waals surface area contributed by atoms with E-state index in [1.165, 1.54) is 0 Å². The molecule has 9 N–H and O–H groups in total. The van der Waals surface area contributed by atoms with Gasteiger partial charge in [0.25, 0.3) is 0 Å². The topological polar surface area (TPSA) is 209 Å². The second-order valence-corrected chi connectivity index (χ2v) is 16.3. The first-order chi connectivity index (χ1) is 23.7. The second kappa shape index (κ2) is 17.8. The van der Waals surface area contributed by atoms with E-state index in [1.54, 1.807) is 10.6 Å². The van der Waals surface area contributed by atoms with Crippen molar-refractivity contribution in [3.8, 4) is 11.4 Å². The van der Waals surface area contributed by atoms with Crippen LogP contribution in [-0.2, 0) is 33.9 Å². The van der Waals surface area contributed by atoms with Gasteiger partial charge in [-0.25, -0.2) is 22.3 Å². The normalized spacial score (nSPS) is 12.6. The molecule has 0 unspecified atom stereocenters. The fraction of sp³-hybridized carbons (Fsp3) is 0.472. The van der Waals surface area contributed by atoms with E-state index in [9.17, 15) is 17.6 Å². The molecule has 0 radical (unpaired) electrons. The Bertz CT molecular complexity index is 1920. The van der Waals surface area contributed by atoms with Crippen molar-refractivity contribution in [1.29, 1.82) is 0 Å². The number of fused-ring (bicyclic) bond motifs is 1. The molecule has 51 heavy (non-hydrogen) atoms. The van der Waals surface area contributed by atoms with Gasteiger partial charge >= 0.3 is 5.69 Å². The molecule has 0 bridgehead atoms. The molecule has 13 nitrogen and oxygen atoms in total. The van der Waals surface area contributed by atoms with E-state index in [2.05, 4.69) is 51.8 Å². The van der Waals surface area contributed by atoms with Gasteiger partial charge < -0.3 is 32.2 Å². The maximum atomic E-state index is 13.2. The first-order valence-electron chi connectivity index (χ1n) is 16.8. The number of guanidine groups is 1. The van der Waals surface area contributed by atoms with E-state index >= 15 is 0 Å². The number of aromatic nitrogens is 3. The minimum Gasteiger partial charge on any atom is -0.490 e. The van der Waals surface area contributed by atoms with Gasteiger partial charge in [0.15, 0.2) is 5.96 Å². The maximum absolute atomic E-state index is 13.2. The summed E-state index contributed by atoms with van der Waals surface area (Å²) in [6, 6.07) is 15.4. The zero-order valence-electron chi connectivity index (χ0n) is 30.7. The van der Waals surface area contributed by atoms with Crippen LogP contribution >= 0.6 is 0 Å². The lowest BCUT2D eigenvalue weighted by Crippen LogP contribution is -2.23. The average Bonchev–Trinajstić information content (AvgIpc) is 3.47. The molecule has 0 spiro atoms. The molecule has 0 aliphatic rings. The number of sulfonamides is 1. The summed E-state index contributed by atoms with van der Waals surface area (Å²) in [6.07, 6.45) is 2.58. The van der Waals surface area contributed by atoms with Gasteiger partial charge in [0.1, 0.15) is 24.2 Å². The Morgan fingerprint density at radius 2 is 1.71 bits per heavy atom. The molecule has 0 aliphatic carbocycles. The predicted octanol–water partition coefficient (Wildman–Crippen LogP) is 3.47. The van der Waals surface area contributed by atoms with Crippen LogP contribution in [0.1, 0.15) is 70.3 Å². The Hall–Kier alpha value is -4.31. The van der Waals surface area contributed by atoms with Crippen molar-refractivity contribution in [1.82, 2.24) is 24.6 Å². The number of nitrogens with one attached hydrogen (secondary N) is 3. The summed E-state index contributed by atoms with van der Waals surface area (Å²) in [5.74, 6) is 0.631. The van der Waals surface area contributed by atoms with E-state index < -0.39 is 16.2 Å². The Labute approximate surface area is 300 Å². The molecule has 0 saturated carbocycles. The number of nitrogens with zero attached hydrogens (tertiary/aromatic N) is 3. The Morgan fingerprint density at radius 1 is 1.02 bits per heavy atom. The number of ether oxygens (including phenoxy) is 1. The fourth-order valence-electron chi connectivity index (χ4n) is 4.75. The molecule has 0 amide bonds. The predicted molar refractivity (Wildman–Crippen MR) is 204 cm³/mol. The van der Waals surface area contributed by atoms with Crippen molar-refractivity contribution in [2.45, 2.75) is 78.1 Å². The van der Waals surface area contributed by atoms with Crippen molar-refractivity contribution in [3.63, 3.8) is 0 Å². The lowest BCUT2D eigenvalue weighted by atomic mass is 9.86. The molecule has 2 aromatic carbocycles. The molecule has 0 aliphatic heterocycles. The number of nitrogens with two attached hydrogens (primary N) is 3. The van der Waals surface area contributed by atoms with Crippen LogP contribution in [0.3, 0.4) is 0 Å². The van der Waals surface area contributed by atoms with Gasteiger partial charge in [-0.15, -0.1) is 0 Å². The lowest BCUT2D eigenvalue weighted by molar-refractivity contribution is 0.200. The number of benzene rings is 2. The van der Waals surface area contributed by atoms with Crippen LogP contribution in [0.4, 0.5) is 4.39 Å². The van der Waals surface area contributed by atoms with Gasteiger partial charge in [-0.1, -0.05) is 59.7 Å². The lowest BCUT2D eigenvalue weighted by Gasteiger charge is -2.21. The molecule has 4 rings (SSSR count). The van der Waals surface area contributed by atoms with Crippen LogP contribution in [0.5, 0.6) is 5.75 Å². The summed E-state index contributed by atoms with van der Waals surface area (Å²) in [5, 5.41) is 4.27. The van der Waals surface area contributed by atoms with Gasteiger partial charge in [-0.3, -0.25) is 9.56 Å². The number of aliphatic imine (C=N–C) groups is 1. The zero-order chi connectivity index (χ0) is 38.0. The minimum atomic E-state index is -3.28. The highest BCUT2D eigenvalue weighted by molar-refractivity contribution is 7.88. The monoisotopic (exact) mass is 727 g/mol. The molecule has 1 atom stereocenters. The second-order valence-electron chi connectivity index (χ2n) is 14.5. The largest absolute Gasteiger partial charge is 0.490 e. The van der Waals surface area contributed by atoms with Crippen LogP contribution in [0.25, 0.3) is 16.7 Å². The van der Waals surface area contributed by atoms with E-state index in [4.69, 9.17) is 21.9 Å². The molecule has 0 fully saturated rings. The molecule has 4 aromatic rings. The third kappa shape index (κ3) is 13.7. The number of halogens is 1. The van der Waals surface area contributed by atoms with E-state index in [0.717, 1.165) is 59.2 Å². The summed E-state index contributed by atoms with van der Waals surface area (Å²) in [4.78, 5) is 23.9. The van der Waals surface area contributed by atoms with Crippen molar-refractivity contribution in [3.05, 3.63) is 87.6 Å². The molecule has 2 aromatic heterocycles. The summed E-state index contributed by atoms with van der Waals surface area (Å²) in [5.41, 5.74) is 20.7. The van der Waals surface area contributed by atoms with Gasteiger partial charge in [-0.2, -0.15) is 4.98 Å². The third-order valence-corrected chi connectivity index (χ3v) is 8.39. The Morgan fingerprint density at radius 3 is 2.29 bits per heavy atom. The number of alkyl halides is 1. The quantitative estimate of drug-likeness (QED) is 0.0638. The third-order valence-electron chi connectivity index (χ3n) is 7.72. The minimum absolute atomic E-state index is 0.0352. The maximum Gasteiger partial charge on any atom is 0.354 e. The summed E-state index contributed by atoms with van der Waals surface area (Å²) >= 11 is 0. The average molecular weight is 728 g/mol. The zero-order valence-corrected chi connectivity index (χ0v) is 31.5. The molecular weight excluding hydrogens is 674 g/mol. The molecule has 280 valence electrons. The molecule has 0 saturated heterocycles. The molecule has 2 heterocycles. The number of H-pyrrole nitrogens is 1. The van der Waals surface area contributed by atoms with Gasteiger partial charge in [0, 0.05) is 48.9 Å². The van der Waals surface area contributed by atoms with E-state index in [-0.39, 0.29) is 42.2 Å². The first-order valence-corrected chi connectivity index (χ1v) is 18.7. The molecule has 15 heteroatoms. The highest BCUT2D eigenvalue weighted by atomic mass is 32.2. The van der Waals surface area contributed by atoms with Crippen LogP contribution in [0.15, 0.2) is 64.5 Å². The van der Waals surface area contributed by atoms with Crippen molar-refractivity contribution in [2.75, 3.05) is 32.5 Å². The van der Waals surface area contributed by atoms with E-state index in [1.807, 2.05) is 63.4 Å². The SMILES string of the molecule is CC(C)(C)c1cc(CNS(C)(=O)=O)cc(OC[C@H](F)CN)c1.CC(C)(C)c1cc2cn(-c3ccc(CNCCCN=C(N)N)cc3)c(=O)nc2[nH]1. The smallest absolute Gasteiger partial charge is 0.354 e. The van der Waals surface area contributed by atoms with Crippen LogP contribution < -0.4 is 37.7 Å². The van der Waals surface area contributed by atoms with Gasteiger partial charge in [0.2, 0.25) is 10.0 Å². The Balaban J connectivity index is 0.000000287.